The van der Waals surface area contributed by atoms with E-state index in [9.17, 15) is 9.18 Å². The minimum absolute atomic E-state index is 0.204. The fourth-order valence-corrected chi connectivity index (χ4v) is 3.41. The zero-order chi connectivity index (χ0) is 19.9. The lowest BCUT2D eigenvalue weighted by Crippen LogP contribution is -2.38. The Morgan fingerprint density at radius 2 is 2.14 bits per heavy atom. The highest BCUT2D eigenvalue weighted by Gasteiger charge is 2.20. The summed E-state index contributed by atoms with van der Waals surface area (Å²) in [6.45, 7) is 2.55. The molecule has 1 aromatic carbocycles. The van der Waals surface area contributed by atoms with Gasteiger partial charge in [0.15, 0.2) is 0 Å². The Hall–Kier alpha value is -2.48. The number of nitrogens with one attached hydrogen (secondary N) is 2. The Labute approximate surface area is 168 Å². The number of hydroxylamine groups is 1. The van der Waals surface area contributed by atoms with Crippen LogP contribution in [0.4, 0.5) is 10.2 Å². The van der Waals surface area contributed by atoms with Gasteiger partial charge >= 0.3 is 0 Å². The molecule has 1 aliphatic rings. The van der Waals surface area contributed by atoms with E-state index >= 15 is 0 Å². The van der Waals surface area contributed by atoms with Crippen LogP contribution in [0.2, 0.25) is 5.02 Å². The first kappa shape index (κ1) is 20.3. The second-order valence-electron chi connectivity index (χ2n) is 6.73. The molecule has 3 N–H and O–H groups in total. The standard InChI is InChI=1S/C20H22ClFN4O2/c21-18-11-14(4-5-19(27)25-28)12-23-20(18)24-17-6-8-26(9-7-17)13-15-2-1-3-16(22)10-15/h1-5,10-12,17,28H,6-9,13H2,(H,23,24)(H,25,27). The third kappa shape index (κ3) is 5.76. The molecule has 2 heterocycles. The maximum absolute atomic E-state index is 13.3. The molecule has 1 amide bonds. The number of benzene rings is 1. The Morgan fingerprint density at radius 1 is 1.36 bits per heavy atom. The van der Waals surface area contributed by atoms with Gasteiger partial charge in [-0.05, 0) is 48.2 Å². The van der Waals surface area contributed by atoms with Gasteiger partial charge in [0.1, 0.15) is 11.6 Å². The molecule has 0 radical (unpaired) electrons. The van der Waals surface area contributed by atoms with E-state index in [2.05, 4.69) is 15.2 Å². The number of rotatable bonds is 6. The smallest absolute Gasteiger partial charge is 0.267 e. The van der Waals surface area contributed by atoms with Gasteiger partial charge < -0.3 is 5.32 Å². The van der Waals surface area contributed by atoms with Crippen LogP contribution in [-0.4, -0.2) is 40.1 Å². The average molecular weight is 405 g/mol. The highest BCUT2D eigenvalue weighted by atomic mass is 35.5. The van der Waals surface area contributed by atoms with Gasteiger partial charge in [0.2, 0.25) is 0 Å². The highest BCUT2D eigenvalue weighted by molar-refractivity contribution is 6.33. The van der Waals surface area contributed by atoms with E-state index in [1.54, 1.807) is 24.4 Å². The maximum atomic E-state index is 13.3. The lowest BCUT2D eigenvalue weighted by molar-refractivity contribution is -0.124. The molecular formula is C20H22ClFN4O2. The lowest BCUT2D eigenvalue weighted by Gasteiger charge is -2.32. The molecule has 3 rings (SSSR count). The minimum Gasteiger partial charge on any atom is -0.366 e. The van der Waals surface area contributed by atoms with Crippen LogP contribution in [-0.2, 0) is 11.3 Å². The highest BCUT2D eigenvalue weighted by Crippen LogP contribution is 2.24. The third-order valence-electron chi connectivity index (χ3n) is 4.62. The molecule has 0 unspecified atom stereocenters. The van der Waals surface area contributed by atoms with E-state index in [4.69, 9.17) is 16.8 Å². The molecule has 0 atom stereocenters. The van der Waals surface area contributed by atoms with Crippen molar-refractivity contribution in [2.24, 2.45) is 0 Å². The Kier molecular flexibility index (Phi) is 6.97. The van der Waals surface area contributed by atoms with Crippen LogP contribution in [0.15, 0.2) is 42.6 Å². The summed E-state index contributed by atoms with van der Waals surface area (Å²) in [6.07, 6.45) is 6.18. The van der Waals surface area contributed by atoms with E-state index in [0.717, 1.165) is 38.0 Å². The molecule has 1 aliphatic heterocycles. The summed E-state index contributed by atoms with van der Waals surface area (Å²) in [5.74, 6) is -0.220. The Balaban J connectivity index is 1.51. The van der Waals surface area contributed by atoms with Crippen LogP contribution in [0.5, 0.6) is 0 Å². The van der Waals surface area contributed by atoms with Gasteiger partial charge in [-0.1, -0.05) is 23.7 Å². The number of carbonyl (C=O) groups excluding carboxylic acids is 1. The van der Waals surface area contributed by atoms with Crippen LogP contribution < -0.4 is 10.8 Å². The molecular weight excluding hydrogens is 383 g/mol. The van der Waals surface area contributed by atoms with Crippen molar-refractivity contribution in [3.8, 4) is 0 Å². The topological polar surface area (TPSA) is 77.5 Å². The number of likely N-dealkylation sites (tertiary alicyclic amines) is 1. The first-order valence-electron chi connectivity index (χ1n) is 9.04. The average Bonchev–Trinajstić information content (AvgIpc) is 2.69. The summed E-state index contributed by atoms with van der Waals surface area (Å²) in [5, 5.41) is 12.3. The van der Waals surface area contributed by atoms with Crippen molar-refractivity contribution in [2.45, 2.75) is 25.4 Å². The van der Waals surface area contributed by atoms with E-state index in [1.807, 2.05) is 6.07 Å². The van der Waals surface area contributed by atoms with Gasteiger partial charge in [-0.3, -0.25) is 14.9 Å². The Morgan fingerprint density at radius 3 is 2.82 bits per heavy atom. The van der Waals surface area contributed by atoms with E-state index in [0.29, 0.717) is 16.4 Å². The fraction of sp³-hybridized carbons (Fsp3) is 0.300. The van der Waals surface area contributed by atoms with Gasteiger partial charge in [0, 0.05) is 37.9 Å². The van der Waals surface area contributed by atoms with E-state index < -0.39 is 5.91 Å². The number of hydrogen-bond acceptors (Lipinski definition) is 5. The molecule has 2 aromatic rings. The molecule has 28 heavy (non-hydrogen) atoms. The molecule has 0 aliphatic carbocycles. The number of pyridine rings is 1. The molecule has 148 valence electrons. The molecule has 6 nitrogen and oxygen atoms in total. The SMILES string of the molecule is O=C(C=Cc1cnc(NC2CCN(Cc3cccc(F)c3)CC2)c(Cl)c1)NO. The van der Waals surface area contributed by atoms with Crippen molar-refractivity contribution in [1.29, 1.82) is 0 Å². The molecule has 0 bridgehead atoms. The fourth-order valence-electron chi connectivity index (χ4n) is 3.18. The van der Waals surface area contributed by atoms with Crippen molar-refractivity contribution in [3.63, 3.8) is 0 Å². The van der Waals surface area contributed by atoms with Gasteiger partial charge in [-0.15, -0.1) is 0 Å². The summed E-state index contributed by atoms with van der Waals surface area (Å²) in [7, 11) is 0. The zero-order valence-corrected chi connectivity index (χ0v) is 16.0. The van der Waals surface area contributed by atoms with Crippen LogP contribution in [0.3, 0.4) is 0 Å². The summed E-state index contributed by atoms with van der Waals surface area (Å²) in [5.41, 5.74) is 3.16. The van der Waals surface area contributed by atoms with Crippen LogP contribution >= 0.6 is 11.6 Å². The van der Waals surface area contributed by atoms with E-state index in [-0.39, 0.29) is 11.9 Å². The molecule has 1 saturated heterocycles. The zero-order valence-electron chi connectivity index (χ0n) is 15.2. The van der Waals surface area contributed by atoms with Crippen LogP contribution in [0.1, 0.15) is 24.0 Å². The predicted molar refractivity (Wildman–Crippen MR) is 107 cm³/mol. The number of halogens is 2. The minimum atomic E-state index is -0.622. The van der Waals surface area contributed by atoms with E-state index in [1.165, 1.54) is 23.7 Å². The third-order valence-corrected chi connectivity index (χ3v) is 4.91. The number of aromatic nitrogens is 1. The van der Waals surface area contributed by atoms with Gasteiger partial charge in [0.05, 0.1) is 5.02 Å². The summed E-state index contributed by atoms with van der Waals surface area (Å²) < 4.78 is 13.3. The van der Waals surface area contributed by atoms with Gasteiger partial charge in [-0.25, -0.2) is 14.9 Å². The number of carbonyl (C=O) groups is 1. The number of amides is 1. The maximum Gasteiger partial charge on any atom is 0.267 e. The summed E-state index contributed by atoms with van der Waals surface area (Å²) >= 11 is 6.29. The second kappa shape index (κ2) is 9.64. The van der Waals surface area contributed by atoms with Gasteiger partial charge in [0.25, 0.3) is 5.91 Å². The number of anilines is 1. The summed E-state index contributed by atoms with van der Waals surface area (Å²) in [4.78, 5) is 17.7. The van der Waals surface area contributed by atoms with Gasteiger partial charge in [-0.2, -0.15) is 0 Å². The number of nitrogens with zero attached hydrogens (tertiary/aromatic N) is 2. The molecule has 0 saturated carbocycles. The molecule has 0 spiro atoms. The van der Waals surface area contributed by atoms with Crippen molar-refractivity contribution in [3.05, 3.63) is 64.6 Å². The van der Waals surface area contributed by atoms with Crippen LogP contribution in [0.25, 0.3) is 6.08 Å². The van der Waals surface area contributed by atoms with Crippen LogP contribution in [0, 0.1) is 5.82 Å². The second-order valence-corrected chi connectivity index (χ2v) is 7.14. The monoisotopic (exact) mass is 404 g/mol. The normalized spacial score (nSPS) is 15.7. The number of piperidine rings is 1. The van der Waals surface area contributed by atoms with Crippen molar-refractivity contribution in [1.82, 2.24) is 15.4 Å². The van der Waals surface area contributed by atoms with Crippen molar-refractivity contribution >= 4 is 29.4 Å². The predicted octanol–water partition coefficient (Wildman–Crippen LogP) is 3.47. The molecule has 1 fully saturated rings. The first-order chi connectivity index (χ1) is 13.5. The molecule has 1 aromatic heterocycles. The summed E-state index contributed by atoms with van der Waals surface area (Å²) in [6, 6.07) is 8.68. The first-order valence-corrected chi connectivity index (χ1v) is 9.42. The lowest BCUT2D eigenvalue weighted by atomic mass is 10.0. The molecule has 8 heteroatoms. The Bertz CT molecular complexity index is 854. The quantitative estimate of drug-likeness (QED) is 0.390. The largest absolute Gasteiger partial charge is 0.366 e. The number of hydrogen-bond donors (Lipinski definition) is 3. The van der Waals surface area contributed by atoms with Crippen molar-refractivity contribution < 1.29 is 14.4 Å². The van der Waals surface area contributed by atoms with Crippen molar-refractivity contribution in [2.75, 3.05) is 18.4 Å².